The Balaban J connectivity index is 1.39. The molecular weight excluding hydrogens is 342 g/mol. The summed E-state index contributed by atoms with van der Waals surface area (Å²) >= 11 is 0. The molecule has 0 bridgehead atoms. The smallest absolute Gasteiger partial charge is 0.193 e. The van der Waals surface area contributed by atoms with Gasteiger partial charge < -0.3 is 19.7 Å². The van der Waals surface area contributed by atoms with E-state index in [0.29, 0.717) is 12.5 Å². The van der Waals surface area contributed by atoms with E-state index < -0.39 is 0 Å². The minimum absolute atomic E-state index is 0.522. The van der Waals surface area contributed by atoms with Gasteiger partial charge in [-0.1, -0.05) is 6.07 Å². The maximum atomic E-state index is 5.78. The molecule has 7 heteroatoms. The number of benzene rings is 1. The lowest BCUT2D eigenvalue weighted by molar-refractivity contribution is 0.308. The Bertz CT molecular complexity index is 758. The van der Waals surface area contributed by atoms with Crippen LogP contribution in [-0.4, -0.2) is 61.0 Å². The first-order valence-corrected chi connectivity index (χ1v) is 9.40. The van der Waals surface area contributed by atoms with Crippen LogP contribution < -0.4 is 14.8 Å². The molecule has 1 unspecified atom stereocenters. The molecule has 0 amide bonds. The Hall–Kier alpha value is -2.70. The number of hydrogen-bond acceptors (Lipinski definition) is 4. The SMILES string of the molecule is CN=C(NCCCOc1cccc(OC)c1)N1CCC(c2cnn(C)c2)C1. The summed E-state index contributed by atoms with van der Waals surface area (Å²) in [6.45, 7) is 3.46. The molecule has 1 saturated heterocycles. The highest BCUT2D eigenvalue weighted by molar-refractivity contribution is 5.80. The highest BCUT2D eigenvalue weighted by Gasteiger charge is 2.26. The van der Waals surface area contributed by atoms with Gasteiger partial charge in [-0.05, 0) is 30.5 Å². The lowest BCUT2D eigenvalue weighted by Gasteiger charge is -2.21. The Morgan fingerprint density at radius 3 is 2.96 bits per heavy atom. The van der Waals surface area contributed by atoms with Crippen molar-refractivity contribution in [2.24, 2.45) is 12.0 Å². The monoisotopic (exact) mass is 371 g/mol. The van der Waals surface area contributed by atoms with Gasteiger partial charge in [0.05, 0.1) is 19.9 Å². The van der Waals surface area contributed by atoms with Crippen LogP contribution in [0.2, 0.25) is 0 Å². The van der Waals surface area contributed by atoms with Crippen molar-refractivity contribution in [3.63, 3.8) is 0 Å². The van der Waals surface area contributed by atoms with Crippen molar-refractivity contribution in [1.29, 1.82) is 0 Å². The summed E-state index contributed by atoms with van der Waals surface area (Å²) in [6, 6.07) is 7.68. The van der Waals surface area contributed by atoms with Gasteiger partial charge in [0.1, 0.15) is 11.5 Å². The molecule has 1 aliphatic rings. The van der Waals surface area contributed by atoms with Gasteiger partial charge >= 0.3 is 0 Å². The van der Waals surface area contributed by atoms with Crippen LogP contribution in [0.15, 0.2) is 41.7 Å². The number of nitrogens with one attached hydrogen (secondary N) is 1. The molecule has 1 aromatic carbocycles. The molecular formula is C20H29N5O2. The van der Waals surface area contributed by atoms with E-state index in [1.165, 1.54) is 5.56 Å². The molecule has 3 rings (SSSR count). The van der Waals surface area contributed by atoms with Gasteiger partial charge in [-0.15, -0.1) is 0 Å². The largest absolute Gasteiger partial charge is 0.497 e. The molecule has 0 saturated carbocycles. The first-order chi connectivity index (χ1) is 13.2. The number of nitrogens with zero attached hydrogens (tertiary/aromatic N) is 4. The maximum absolute atomic E-state index is 5.78. The van der Waals surface area contributed by atoms with Crippen molar-refractivity contribution in [3.8, 4) is 11.5 Å². The number of likely N-dealkylation sites (tertiary alicyclic amines) is 1. The van der Waals surface area contributed by atoms with Crippen molar-refractivity contribution in [3.05, 3.63) is 42.2 Å². The summed E-state index contributed by atoms with van der Waals surface area (Å²) in [5.41, 5.74) is 1.31. The first-order valence-electron chi connectivity index (χ1n) is 9.40. The van der Waals surface area contributed by atoms with Crippen LogP contribution in [0.4, 0.5) is 0 Å². The van der Waals surface area contributed by atoms with E-state index in [1.54, 1.807) is 7.11 Å². The van der Waals surface area contributed by atoms with Crippen LogP contribution in [0.25, 0.3) is 0 Å². The average Bonchev–Trinajstić information content (AvgIpc) is 3.34. The van der Waals surface area contributed by atoms with Gasteiger partial charge in [0, 0.05) is 51.9 Å². The topological polar surface area (TPSA) is 63.9 Å². The Labute approximate surface area is 161 Å². The zero-order valence-corrected chi connectivity index (χ0v) is 16.4. The average molecular weight is 371 g/mol. The van der Waals surface area contributed by atoms with Gasteiger partial charge in [-0.25, -0.2) is 0 Å². The summed E-state index contributed by atoms with van der Waals surface area (Å²) in [5.74, 6) is 3.12. The molecule has 1 fully saturated rings. The van der Waals surface area contributed by atoms with Crippen LogP contribution >= 0.6 is 0 Å². The summed E-state index contributed by atoms with van der Waals surface area (Å²) in [4.78, 5) is 6.76. The van der Waals surface area contributed by atoms with Crippen molar-refractivity contribution in [2.45, 2.75) is 18.8 Å². The molecule has 0 aliphatic carbocycles. The molecule has 0 spiro atoms. The fraction of sp³-hybridized carbons (Fsp3) is 0.500. The van der Waals surface area contributed by atoms with Gasteiger partial charge in [0.25, 0.3) is 0 Å². The highest BCUT2D eigenvalue weighted by atomic mass is 16.5. The first kappa shape index (κ1) is 19.1. The summed E-state index contributed by atoms with van der Waals surface area (Å²) in [6.07, 6.45) is 6.11. The highest BCUT2D eigenvalue weighted by Crippen LogP contribution is 2.26. The molecule has 27 heavy (non-hydrogen) atoms. The van der Waals surface area contributed by atoms with Crippen LogP contribution in [0.3, 0.4) is 0 Å². The fourth-order valence-electron chi connectivity index (χ4n) is 3.36. The predicted octanol–water partition coefficient (Wildman–Crippen LogP) is 2.26. The second-order valence-electron chi connectivity index (χ2n) is 6.73. The molecule has 1 N–H and O–H groups in total. The van der Waals surface area contributed by atoms with E-state index in [0.717, 1.165) is 49.9 Å². The normalized spacial score (nSPS) is 17.2. The van der Waals surface area contributed by atoms with E-state index in [-0.39, 0.29) is 0 Å². The van der Waals surface area contributed by atoms with Gasteiger partial charge in [0.2, 0.25) is 0 Å². The third-order valence-corrected chi connectivity index (χ3v) is 4.81. The van der Waals surface area contributed by atoms with Gasteiger partial charge in [0.15, 0.2) is 5.96 Å². The number of aliphatic imine (C=N–C) groups is 1. The fourth-order valence-corrected chi connectivity index (χ4v) is 3.36. The number of guanidine groups is 1. The lowest BCUT2D eigenvalue weighted by Crippen LogP contribution is -2.40. The molecule has 146 valence electrons. The van der Waals surface area contributed by atoms with Crippen LogP contribution in [-0.2, 0) is 7.05 Å². The van der Waals surface area contributed by atoms with E-state index in [1.807, 2.05) is 49.2 Å². The standard InChI is InChI=1S/C20H29N5O2/c1-21-20(25-10-8-16(15-25)17-13-23-24(2)14-17)22-9-5-11-27-19-7-4-6-18(12-19)26-3/h4,6-7,12-14,16H,5,8-11,15H2,1-3H3,(H,21,22). The van der Waals surface area contributed by atoms with E-state index >= 15 is 0 Å². The maximum Gasteiger partial charge on any atom is 0.193 e. The third kappa shape index (κ3) is 5.15. The Morgan fingerprint density at radius 2 is 2.22 bits per heavy atom. The third-order valence-electron chi connectivity index (χ3n) is 4.81. The minimum Gasteiger partial charge on any atom is -0.497 e. The molecule has 0 radical (unpaired) electrons. The zero-order valence-electron chi connectivity index (χ0n) is 16.4. The Kier molecular flexibility index (Phi) is 6.57. The predicted molar refractivity (Wildman–Crippen MR) is 107 cm³/mol. The van der Waals surface area contributed by atoms with E-state index in [4.69, 9.17) is 9.47 Å². The second-order valence-corrected chi connectivity index (χ2v) is 6.73. The number of ether oxygens (including phenoxy) is 2. The molecule has 2 aromatic rings. The molecule has 1 aliphatic heterocycles. The van der Waals surface area contributed by atoms with E-state index in [2.05, 4.69) is 26.5 Å². The van der Waals surface area contributed by atoms with Crippen LogP contribution in [0.5, 0.6) is 11.5 Å². The summed E-state index contributed by atoms with van der Waals surface area (Å²) in [5, 5.41) is 7.74. The number of aromatic nitrogens is 2. The van der Waals surface area contributed by atoms with E-state index in [9.17, 15) is 0 Å². The minimum atomic E-state index is 0.522. The van der Waals surface area contributed by atoms with Crippen molar-refractivity contribution < 1.29 is 9.47 Å². The zero-order chi connectivity index (χ0) is 19.1. The molecule has 1 aromatic heterocycles. The number of hydrogen-bond donors (Lipinski definition) is 1. The Morgan fingerprint density at radius 1 is 1.37 bits per heavy atom. The number of rotatable bonds is 7. The molecule has 7 nitrogen and oxygen atoms in total. The molecule has 1 atom stereocenters. The van der Waals surface area contributed by atoms with Crippen LogP contribution in [0, 0.1) is 0 Å². The van der Waals surface area contributed by atoms with Gasteiger partial charge in [-0.3, -0.25) is 9.67 Å². The number of methoxy groups -OCH3 is 1. The quantitative estimate of drug-likeness (QED) is 0.460. The summed E-state index contributed by atoms with van der Waals surface area (Å²) < 4.78 is 12.9. The van der Waals surface area contributed by atoms with Crippen molar-refractivity contribution in [2.75, 3.05) is 40.4 Å². The summed E-state index contributed by atoms with van der Waals surface area (Å²) in [7, 11) is 5.46. The van der Waals surface area contributed by atoms with Gasteiger partial charge in [-0.2, -0.15) is 5.10 Å². The van der Waals surface area contributed by atoms with Crippen LogP contribution in [0.1, 0.15) is 24.3 Å². The van der Waals surface area contributed by atoms with Crippen molar-refractivity contribution in [1.82, 2.24) is 20.0 Å². The second kappa shape index (κ2) is 9.30. The number of aryl methyl sites for hydroxylation is 1. The van der Waals surface area contributed by atoms with Crippen molar-refractivity contribution >= 4 is 5.96 Å². The lowest BCUT2D eigenvalue weighted by atomic mass is 10.0. The molecule has 2 heterocycles.